The number of hydrogen-bond donors (Lipinski definition) is 1. The first-order valence-electron chi connectivity index (χ1n) is 5.29. The molecule has 8 heteroatoms. The first kappa shape index (κ1) is 14.4. The first-order chi connectivity index (χ1) is 8.40. The predicted octanol–water partition coefficient (Wildman–Crippen LogP) is -0.726. The van der Waals surface area contributed by atoms with Crippen molar-refractivity contribution in [1.82, 2.24) is 5.48 Å². The van der Waals surface area contributed by atoms with Gasteiger partial charge in [-0.15, -0.1) is 0 Å². The van der Waals surface area contributed by atoms with E-state index in [2.05, 4.69) is 5.48 Å². The molecule has 0 aromatic heterocycles. The molecule has 1 fully saturated rings. The Morgan fingerprint density at radius 1 is 1.06 bits per heavy atom. The normalized spacial score (nSPS) is 26.5. The van der Waals surface area contributed by atoms with Gasteiger partial charge in [0.1, 0.15) is 6.61 Å². The summed E-state index contributed by atoms with van der Waals surface area (Å²) in [6, 6.07) is 0. The minimum atomic E-state index is -0.924. The number of nitrogens with one attached hydrogen (secondary N) is 1. The fourth-order valence-corrected chi connectivity index (χ4v) is 1.41. The molecule has 0 spiro atoms. The van der Waals surface area contributed by atoms with Crippen LogP contribution in [0.2, 0.25) is 0 Å². The molecule has 1 rings (SSSR count). The molecule has 0 amide bonds. The van der Waals surface area contributed by atoms with Crippen molar-refractivity contribution >= 4 is 17.9 Å². The zero-order valence-corrected chi connectivity index (χ0v) is 10.3. The summed E-state index contributed by atoms with van der Waals surface area (Å²) in [5, 5.41) is 0. The molecule has 0 saturated carbocycles. The van der Waals surface area contributed by atoms with Crippen LogP contribution in [-0.2, 0) is 33.4 Å². The van der Waals surface area contributed by atoms with E-state index in [1.807, 2.05) is 0 Å². The third-order valence-electron chi connectivity index (χ3n) is 2.05. The summed E-state index contributed by atoms with van der Waals surface area (Å²) in [5.74, 6) is -1.60. The van der Waals surface area contributed by atoms with Gasteiger partial charge < -0.3 is 14.2 Å². The summed E-state index contributed by atoms with van der Waals surface area (Å²) >= 11 is 0. The summed E-state index contributed by atoms with van der Waals surface area (Å²) in [6.07, 6.45) is -2.53. The number of hydrogen-bond acceptors (Lipinski definition) is 8. The molecule has 1 saturated heterocycles. The molecule has 8 nitrogen and oxygen atoms in total. The number of hydroxylamine groups is 1. The summed E-state index contributed by atoms with van der Waals surface area (Å²) in [7, 11) is 0. The van der Waals surface area contributed by atoms with Crippen LogP contribution < -0.4 is 5.48 Å². The van der Waals surface area contributed by atoms with Crippen LogP contribution in [0.3, 0.4) is 0 Å². The largest absolute Gasteiger partial charge is 0.463 e. The molecule has 18 heavy (non-hydrogen) atoms. The average Bonchev–Trinajstić information content (AvgIpc) is 2.57. The number of carbonyl (C=O) groups excluding carboxylic acids is 3. The third kappa shape index (κ3) is 4.30. The summed E-state index contributed by atoms with van der Waals surface area (Å²) in [5.41, 5.74) is 2.41. The van der Waals surface area contributed by atoms with Crippen molar-refractivity contribution in [1.29, 1.82) is 0 Å². The molecule has 1 aliphatic heterocycles. The topological polar surface area (TPSA) is 100 Å². The highest BCUT2D eigenvalue weighted by Crippen LogP contribution is 2.18. The van der Waals surface area contributed by atoms with Crippen LogP contribution in [0.25, 0.3) is 0 Å². The van der Waals surface area contributed by atoms with E-state index in [1.54, 1.807) is 0 Å². The number of rotatable bonds is 4. The van der Waals surface area contributed by atoms with E-state index in [1.165, 1.54) is 20.8 Å². The van der Waals surface area contributed by atoms with Gasteiger partial charge in [-0.2, -0.15) is 5.48 Å². The average molecular weight is 261 g/mol. The van der Waals surface area contributed by atoms with Crippen LogP contribution in [-0.4, -0.2) is 43.0 Å². The highest BCUT2D eigenvalue weighted by Gasteiger charge is 2.43. The maximum absolute atomic E-state index is 11.0. The Bertz CT molecular complexity index is 343. The second kappa shape index (κ2) is 6.31. The van der Waals surface area contributed by atoms with Gasteiger partial charge in [-0.25, -0.2) is 0 Å². The molecule has 0 aromatic rings. The molecule has 0 aromatic carbocycles. The van der Waals surface area contributed by atoms with Crippen molar-refractivity contribution in [3.8, 4) is 0 Å². The highest BCUT2D eigenvalue weighted by molar-refractivity contribution is 5.67. The first-order valence-corrected chi connectivity index (χ1v) is 5.29. The Hall–Kier alpha value is -1.67. The fraction of sp³-hybridized carbons (Fsp3) is 0.700. The molecule has 1 N–H and O–H groups in total. The van der Waals surface area contributed by atoms with Crippen molar-refractivity contribution in [3.05, 3.63) is 0 Å². The Morgan fingerprint density at radius 2 is 1.67 bits per heavy atom. The predicted molar refractivity (Wildman–Crippen MR) is 55.7 cm³/mol. The Kier molecular flexibility index (Phi) is 5.05. The van der Waals surface area contributed by atoms with Crippen molar-refractivity contribution in [3.63, 3.8) is 0 Å². The molecule has 0 unspecified atom stereocenters. The van der Waals surface area contributed by atoms with Gasteiger partial charge in [0.15, 0.2) is 12.2 Å². The van der Waals surface area contributed by atoms with Gasteiger partial charge in [0.05, 0.1) is 0 Å². The zero-order chi connectivity index (χ0) is 13.7. The van der Waals surface area contributed by atoms with Crippen LogP contribution in [0.4, 0.5) is 0 Å². The molecular formula is C10H15NO7. The lowest BCUT2D eigenvalue weighted by molar-refractivity contribution is -0.166. The van der Waals surface area contributed by atoms with E-state index < -0.39 is 36.3 Å². The Labute approximate surface area is 103 Å². The standard InChI is InChI=1S/C10H15NO7/c1-5(12)15-4-8-9(16-6(2)13)10(11-18-8)17-7(3)14/h8-11H,4H2,1-3H3/t8-,9-,10-/m1/s1. The van der Waals surface area contributed by atoms with Crippen LogP contribution in [0, 0.1) is 0 Å². The monoisotopic (exact) mass is 261 g/mol. The third-order valence-corrected chi connectivity index (χ3v) is 2.05. The number of ether oxygens (including phenoxy) is 3. The summed E-state index contributed by atoms with van der Waals surface area (Å²) in [4.78, 5) is 37.6. The van der Waals surface area contributed by atoms with Crippen LogP contribution in [0.1, 0.15) is 20.8 Å². The van der Waals surface area contributed by atoms with Gasteiger partial charge in [0.2, 0.25) is 6.23 Å². The van der Waals surface area contributed by atoms with Crippen molar-refractivity contribution in [2.45, 2.75) is 39.2 Å². The summed E-state index contributed by atoms with van der Waals surface area (Å²) < 4.78 is 14.6. The van der Waals surface area contributed by atoms with Crippen LogP contribution in [0.5, 0.6) is 0 Å². The van der Waals surface area contributed by atoms with Gasteiger partial charge in [0, 0.05) is 20.8 Å². The van der Waals surface area contributed by atoms with Gasteiger partial charge in [-0.3, -0.25) is 19.2 Å². The minimum absolute atomic E-state index is 0.113. The Morgan fingerprint density at radius 3 is 2.17 bits per heavy atom. The smallest absolute Gasteiger partial charge is 0.304 e. The summed E-state index contributed by atoms with van der Waals surface area (Å²) in [6.45, 7) is 3.56. The van der Waals surface area contributed by atoms with E-state index in [-0.39, 0.29) is 6.61 Å². The van der Waals surface area contributed by atoms with Gasteiger partial charge in [-0.1, -0.05) is 0 Å². The molecule has 0 aliphatic carbocycles. The van der Waals surface area contributed by atoms with E-state index >= 15 is 0 Å². The molecule has 1 heterocycles. The van der Waals surface area contributed by atoms with Crippen LogP contribution in [0.15, 0.2) is 0 Å². The molecule has 0 radical (unpaired) electrons. The zero-order valence-electron chi connectivity index (χ0n) is 10.3. The quantitative estimate of drug-likeness (QED) is 0.522. The lowest BCUT2D eigenvalue weighted by Gasteiger charge is -2.20. The SMILES string of the molecule is CC(=O)OC[C@H]1ON[C@H](OC(C)=O)[C@@H]1OC(C)=O. The molecule has 3 atom stereocenters. The lowest BCUT2D eigenvalue weighted by Crippen LogP contribution is -2.41. The van der Waals surface area contributed by atoms with Crippen LogP contribution >= 0.6 is 0 Å². The number of carbonyl (C=O) groups is 3. The lowest BCUT2D eigenvalue weighted by atomic mass is 10.2. The Balaban J connectivity index is 2.63. The number of esters is 3. The van der Waals surface area contributed by atoms with Gasteiger partial charge in [0.25, 0.3) is 0 Å². The van der Waals surface area contributed by atoms with Gasteiger partial charge in [-0.05, 0) is 0 Å². The second-order valence-corrected chi connectivity index (χ2v) is 3.68. The second-order valence-electron chi connectivity index (χ2n) is 3.68. The van der Waals surface area contributed by atoms with E-state index in [0.717, 1.165) is 0 Å². The van der Waals surface area contributed by atoms with Gasteiger partial charge >= 0.3 is 17.9 Å². The fourth-order valence-electron chi connectivity index (χ4n) is 1.41. The maximum atomic E-state index is 11.0. The van der Waals surface area contributed by atoms with Crippen molar-refractivity contribution < 1.29 is 33.4 Å². The molecule has 1 aliphatic rings. The van der Waals surface area contributed by atoms with Crippen molar-refractivity contribution in [2.24, 2.45) is 0 Å². The molecular weight excluding hydrogens is 246 g/mol. The minimum Gasteiger partial charge on any atom is -0.463 e. The molecule has 102 valence electrons. The molecule has 0 bridgehead atoms. The van der Waals surface area contributed by atoms with Crippen molar-refractivity contribution in [2.75, 3.05) is 6.61 Å². The maximum Gasteiger partial charge on any atom is 0.304 e. The van der Waals surface area contributed by atoms with E-state index in [0.29, 0.717) is 0 Å². The highest BCUT2D eigenvalue weighted by atomic mass is 16.7. The van der Waals surface area contributed by atoms with E-state index in [4.69, 9.17) is 19.0 Å². The van der Waals surface area contributed by atoms with E-state index in [9.17, 15) is 14.4 Å².